The predicted octanol–water partition coefficient (Wildman–Crippen LogP) is 1.54. The number of urea groups is 1. The van der Waals surface area contributed by atoms with E-state index in [2.05, 4.69) is 10.6 Å². The van der Waals surface area contributed by atoms with Crippen molar-refractivity contribution in [1.29, 1.82) is 0 Å². The van der Waals surface area contributed by atoms with Gasteiger partial charge < -0.3 is 20.5 Å². The summed E-state index contributed by atoms with van der Waals surface area (Å²) < 4.78 is 5.25. The minimum absolute atomic E-state index is 0.393. The number of ether oxygens (including phenoxy) is 1. The molecule has 2 amide bonds. The first-order valence-corrected chi connectivity index (χ1v) is 7.06. The molecule has 21 heavy (non-hydrogen) atoms. The normalized spacial score (nSPS) is 17.0. The molecule has 114 valence electrons. The minimum Gasteiger partial charge on any atom is -0.479 e. The van der Waals surface area contributed by atoms with Gasteiger partial charge in [0, 0.05) is 19.8 Å². The van der Waals surface area contributed by atoms with Crippen LogP contribution in [0.25, 0.3) is 0 Å². The summed E-state index contributed by atoms with van der Waals surface area (Å²) in [6.45, 7) is 1.97. The van der Waals surface area contributed by atoms with E-state index in [0.717, 1.165) is 26.1 Å². The number of aliphatic carboxylic acids is 1. The summed E-state index contributed by atoms with van der Waals surface area (Å²) in [5.41, 5.74) is 0.547. The lowest BCUT2D eigenvalue weighted by Gasteiger charge is -2.23. The molecule has 0 aliphatic carbocycles. The first-order valence-electron chi connectivity index (χ1n) is 7.06. The van der Waals surface area contributed by atoms with Crippen LogP contribution in [0.15, 0.2) is 30.3 Å². The van der Waals surface area contributed by atoms with Gasteiger partial charge in [0.25, 0.3) is 0 Å². The zero-order valence-electron chi connectivity index (χ0n) is 11.7. The second-order valence-electron chi connectivity index (χ2n) is 5.09. The lowest BCUT2D eigenvalue weighted by Crippen LogP contribution is -2.43. The predicted molar refractivity (Wildman–Crippen MR) is 76.9 cm³/mol. The maximum Gasteiger partial charge on any atom is 0.330 e. The highest BCUT2D eigenvalue weighted by atomic mass is 16.5. The number of nitrogens with one attached hydrogen (secondary N) is 2. The average molecular weight is 292 g/mol. The maximum atomic E-state index is 11.9. The molecule has 6 heteroatoms. The number of carbonyl (C=O) groups is 2. The molecule has 0 spiro atoms. The Morgan fingerprint density at radius 3 is 2.52 bits per heavy atom. The van der Waals surface area contributed by atoms with E-state index in [0.29, 0.717) is 18.0 Å². The van der Waals surface area contributed by atoms with Crippen molar-refractivity contribution in [2.45, 2.75) is 18.9 Å². The molecule has 1 aliphatic rings. The number of rotatable bonds is 5. The lowest BCUT2D eigenvalue weighted by molar-refractivity contribution is -0.139. The summed E-state index contributed by atoms with van der Waals surface area (Å²) in [4.78, 5) is 23.1. The molecule has 0 saturated carbocycles. The fourth-order valence-corrected chi connectivity index (χ4v) is 2.30. The van der Waals surface area contributed by atoms with Crippen molar-refractivity contribution in [2.75, 3.05) is 19.8 Å². The van der Waals surface area contributed by atoms with Gasteiger partial charge in [0.05, 0.1) is 0 Å². The number of carboxylic acids is 1. The Bertz CT molecular complexity index is 472. The molecule has 1 aromatic carbocycles. The summed E-state index contributed by atoms with van der Waals surface area (Å²) in [5, 5.41) is 14.5. The first-order chi connectivity index (χ1) is 10.2. The van der Waals surface area contributed by atoms with Crippen molar-refractivity contribution in [3.63, 3.8) is 0 Å². The molecular weight excluding hydrogens is 272 g/mol. The quantitative estimate of drug-likeness (QED) is 0.768. The molecular formula is C15H20N2O4. The highest BCUT2D eigenvalue weighted by Crippen LogP contribution is 2.14. The maximum absolute atomic E-state index is 11.9. The highest BCUT2D eigenvalue weighted by Gasteiger charge is 2.22. The molecule has 1 heterocycles. The monoisotopic (exact) mass is 292 g/mol. The molecule has 0 radical (unpaired) electrons. The number of hydrogen-bond acceptors (Lipinski definition) is 3. The summed E-state index contributed by atoms with van der Waals surface area (Å²) in [5.74, 6) is -0.688. The standard InChI is InChI=1S/C15H20N2O4/c18-14(19)13(12-4-2-1-3-5-12)17-15(20)16-10-11-6-8-21-9-7-11/h1-5,11,13H,6-10H2,(H,18,19)(H2,16,17,20). The van der Waals surface area contributed by atoms with Gasteiger partial charge in [-0.25, -0.2) is 9.59 Å². The van der Waals surface area contributed by atoms with Crippen LogP contribution in [-0.2, 0) is 9.53 Å². The number of carboxylic acid groups (broad SMARTS) is 1. The molecule has 1 aliphatic heterocycles. The molecule has 1 unspecified atom stereocenters. The fraction of sp³-hybridized carbons (Fsp3) is 0.467. The highest BCUT2D eigenvalue weighted by molar-refractivity contribution is 5.83. The smallest absolute Gasteiger partial charge is 0.330 e. The van der Waals surface area contributed by atoms with E-state index in [-0.39, 0.29) is 0 Å². The second-order valence-corrected chi connectivity index (χ2v) is 5.09. The minimum atomic E-state index is -1.08. The number of hydrogen-bond donors (Lipinski definition) is 3. The molecule has 6 nitrogen and oxygen atoms in total. The third kappa shape index (κ3) is 4.75. The Labute approximate surface area is 123 Å². The molecule has 3 N–H and O–H groups in total. The zero-order chi connectivity index (χ0) is 15.1. The van der Waals surface area contributed by atoms with Crippen LogP contribution in [-0.4, -0.2) is 36.9 Å². The van der Waals surface area contributed by atoms with E-state index >= 15 is 0 Å². The van der Waals surface area contributed by atoms with Crippen molar-refractivity contribution in [3.8, 4) is 0 Å². The Kier molecular flexibility index (Phi) is 5.57. The van der Waals surface area contributed by atoms with Crippen molar-refractivity contribution in [1.82, 2.24) is 10.6 Å². The average Bonchev–Trinajstić information content (AvgIpc) is 2.52. The van der Waals surface area contributed by atoms with E-state index < -0.39 is 18.0 Å². The molecule has 2 rings (SSSR count). The van der Waals surface area contributed by atoms with Gasteiger partial charge >= 0.3 is 12.0 Å². The van der Waals surface area contributed by atoms with Gasteiger partial charge in [0.2, 0.25) is 0 Å². The van der Waals surface area contributed by atoms with E-state index in [1.165, 1.54) is 0 Å². The van der Waals surface area contributed by atoms with Gasteiger partial charge in [0.1, 0.15) is 0 Å². The summed E-state index contributed by atoms with van der Waals surface area (Å²) in [7, 11) is 0. The van der Waals surface area contributed by atoms with Crippen molar-refractivity contribution < 1.29 is 19.4 Å². The van der Waals surface area contributed by atoms with Crippen molar-refractivity contribution in [3.05, 3.63) is 35.9 Å². The molecule has 1 saturated heterocycles. The van der Waals surface area contributed by atoms with Gasteiger partial charge in [0.15, 0.2) is 6.04 Å². The fourth-order valence-electron chi connectivity index (χ4n) is 2.30. The van der Waals surface area contributed by atoms with Crippen LogP contribution >= 0.6 is 0 Å². The van der Waals surface area contributed by atoms with E-state index in [9.17, 15) is 14.7 Å². The number of amides is 2. The van der Waals surface area contributed by atoms with Crippen LogP contribution < -0.4 is 10.6 Å². The molecule has 1 aromatic rings. The van der Waals surface area contributed by atoms with Crippen molar-refractivity contribution >= 4 is 12.0 Å². The van der Waals surface area contributed by atoms with Gasteiger partial charge in [-0.3, -0.25) is 0 Å². The Morgan fingerprint density at radius 2 is 1.90 bits per heavy atom. The van der Waals surface area contributed by atoms with Crippen LogP contribution in [0.4, 0.5) is 4.79 Å². The topological polar surface area (TPSA) is 87.7 Å². The molecule has 1 atom stereocenters. The van der Waals surface area contributed by atoms with Crippen molar-refractivity contribution in [2.24, 2.45) is 5.92 Å². The van der Waals surface area contributed by atoms with E-state index in [4.69, 9.17) is 4.74 Å². The molecule has 0 bridgehead atoms. The Morgan fingerprint density at radius 1 is 1.24 bits per heavy atom. The summed E-state index contributed by atoms with van der Waals surface area (Å²) in [6.07, 6.45) is 1.84. The largest absolute Gasteiger partial charge is 0.479 e. The Balaban J connectivity index is 1.85. The third-order valence-corrected chi connectivity index (χ3v) is 3.55. The van der Waals surface area contributed by atoms with Gasteiger partial charge in [-0.05, 0) is 24.3 Å². The molecule has 1 fully saturated rings. The van der Waals surface area contributed by atoms with Gasteiger partial charge in [-0.2, -0.15) is 0 Å². The van der Waals surface area contributed by atoms with Crippen LogP contribution in [0.3, 0.4) is 0 Å². The van der Waals surface area contributed by atoms with Gasteiger partial charge in [-0.1, -0.05) is 30.3 Å². The summed E-state index contributed by atoms with van der Waals surface area (Å²) in [6, 6.07) is 7.14. The van der Waals surface area contributed by atoms with Crippen LogP contribution in [0.5, 0.6) is 0 Å². The van der Waals surface area contributed by atoms with E-state index in [1.807, 2.05) is 0 Å². The van der Waals surface area contributed by atoms with E-state index in [1.54, 1.807) is 30.3 Å². The molecule has 0 aromatic heterocycles. The number of carbonyl (C=O) groups excluding carboxylic acids is 1. The first kappa shape index (κ1) is 15.3. The third-order valence-electron chi connectivity index (χ3n) is 3.55. The summed E-state index contributed by atoms with van der Waals surface area (Å²) >= 11 is 0. The number of benzene rings is 1. The van der Waals surface area contributed by atoms with Crippen LogP contribution in [0.2, 0.25) is 0 Å². The van der Waals surface area contributed by atoms with Crippen LogP contribution in [0, 0.1) is 5.92 Å². The lowest BCUT2D eigenvalue weighted by atomic mass is 10.0. The second kappa shape index (κ2) is 7.64. The van der Waals surface area contributed by atoms with Crippen LogP contribution in [0.1, 0.15) is 24.4 Å². The SMILES string of the molecule is O=C(NCC1CCOCC1)NC(C(=O)O)c1ccccc1. The Hall–Kier alpha value is -2.08. The zero-order valence-corrected chi connectivity index (χ0v) is 11.7. The van der Waals surface area contributed by atoms with Gasteiger partial charge in [-0.15, -0.1) is 0 Å².